The highest BCUT2D eigenvalue weighted by Gasteiger charge is 2.20. The molecule has 14 nitrogen and oxygen atoms in total. The summed E-state index contributed by atoms with van der Waals surface area (Å²) in [5.74, 6) is -0.584. The average Bonchev–Trinajstić information content (AvgIpc) is 3.01. The van der Waals surface area contributed by atoms with Crippen LogP contribution in [-0.4, -0.2) is 48.8 Å². The zero-order valence-corrected chi connectivity index (χ0v) is 27.6. The molecule has 0 amide bonds. The number of azo groups is 1. The molecule has 1 aromatic heterocycles. The minimum atomic E-state index is -4.68. The van der Waals surface area contributed by atoms with Crippen molar-refractivity contribution >= 4 is 71.3 Å². The number of nitro benzene ring substituents is 1. The first kappa shape index (κ1) is 34.2. The number of hydrogen-bond donors (Lipinski definition) is 3. The van der Waals surface area contributed by atoms with Crippen LogP contribution in [0.2, 0.25) is 5.28 Å². The molecular formula is C31H22BrClN6O8S. The third-order valence-electron chi connectivity index (χ3n) is 6.96. The zero-order valence-electron chi connectivity index (χ0n) is 24.4. The van der Waals surface area contributed by atoms with Gasteiger partial charge in [-0.05, 0) is 73.9 Å². The number of halogens is 2. The summed E-state index contributed by atoms with van der Waals surface area (Å²) in [6, 6.07) is 15.9. The largest absolute Gasteiger partial charge is 0.506 e. The lowest BCUT2D eigenvalue weighted by Gasteiger charge is -2.11. The van der Waals surface area contributed by atoms with Crippen molar-refractivity contribution in [3.63, 3.8) is 0 Å². The number of ketones is 1. The third kappa shape index (κ3) is 8.03. The predicted octanol–water partition coefficient (Wildman–Crippen LogP) is 6.86. The van der Waals surface area contributed by atoms with Crippen LogP contribution in [0, 0.1) is 10.1 Å². The maximum Gasteiger partial charge on any atom is 0.294 e. The molecule has 0 saturated carbocycles. The number of phenolic OH excluding ortho intramolecular Hbond substituents is 2. The quantitative estimate of drug-likeness (QED) is 0.0416. The van der Waals surface area contributed by atoms with Crippen LogP contribution >= 0.6 is 27.5 Å². The molecule has 48 heavy (non-hydrogen) atoms. The molecule has 4 aromatic carbocycles. The summed E-state index contributed by atoms with van der Waals surface area (Å²) in [4.78, 5) is 34.8. The number of aromatic hydroxyl groups is 2. The number of phenols is 2. The number of carbonyl (C=O) groups excluding carboxylic acids is 1. The summed E-state index contributed by atoms with van der Waals surface area (Å²) in [6.07, 6.45) is -0.154. The van der Waals surface area contributed by atoms with Gasteiger partial charge in [-0.25, -0.2) is 15.0 Å². The van der Waals surface area contributed by atoms with E-state index in [2.05, 4.69) is 47.7 Å². The zero-order chi connectivity index (χ0) is 34.7. The summed E-state index contributed by atoms with van der Waals surface area (Å²) < 4.78 is 34.4. The number of nitrogens with zero attached hydrogens (tertiary/aromatic N) is 6. The van der Waals surface area contributed by atoms with Gasteiger partial charge in [-0.15, -0.1) is 10.2 Å². The highest BCUT2D eigenvalue weighted by atomic mass is 79.9. The second-order valence-corrected chi connectivity index (χ2v) is 13.0. The van der Waals surface area contributed by atoms with Gasteiger partial charge in [0.1, 0.15) is 28.8 Å². The van der Waals surface area contributed by atoms with Crippen LogP contribution in [0.1, 0.15) is 28.3 Å². The minimum Gasteiger partial charge on any atom is -0.506 e. The predicted molar refractivity (Wildman–Crippen MR) is 178 cm³/mol. The number of aromatic nitrogens is 3. The minimum absolute atomic E-state index is 0.0400. The molecule has 0 radical (unpaired) electrons. The summed E-state index contributed by atoms with van der Waals surface area (Å²) in [5, 5.41) is 40.8. The molecule has 5 aromatic rings. The van der Waals surface area contributed by atoms with Crippen molar-refractivity contribution in [3.8, 4) is 11.5 Å². The van der Waals surface area contributed by atoms with E-state index in [-0.39, 0.29) is 80.6 Å². The van der Waals surface area contributed by atoms with E-state index in [0.717, 1.165) is 18.2 Å². The fourth-order valence-corrected chi connectivity index (χ4v) is 5.77. The smallest absolute Gasteiger partial charge is 0.294 e. The first-order valence-corrected chi connectivity index (χ1v) is 16.3. The fourth-order valence-electron chi connectivity index (χ4n) is 4.67. The normalized spacial score (nSPS) is 11.6. The van der Waals surface area contributed by atoms with E-state index >= 15 is 0 Å². The average molecular weight is 754 g/mol. The van der Waals surface area contributed by atoms with Crippen molar-refractivity contribution in [1.29, 1.82) is 0 Å². The molecule has 0 aliphatic rings. The lowest BCUT2D eigenvalue weighted by molar-refractivity contribution is -0.384. The summed E-state index contributed by atoms with van der Waals surface area (Å²) >= 11 is 9.19. The van der Waals surface area contributed by atoms with Gasteiger partial charge in [0.15, 0.2) is 11.5 Å². The van der Waals surface area contributed by atoms with Crippen LogP contribution in [-0.2, 0) is 34.2 Å². The Balaban J connectivity index is 1.42. The molecule has 0 saturated heterocycles. The van der Waals surface area contributed by atoms with Gasteiger partial charge in [0.2, 0.25) is 5.28 Å². The number of fused-ring (bicyclic) bond motifs is 1. The number of benzene rings is 4. The van der Waals surface area contributed by atoms with E-state index < -0.39 is 19.9 Å². The van der Waals surface area contributed by atoms with Crippen LogP contribution < -0.4 is 0 Å². The molecule has 1 heterocycles. The molecule has 17 heteroatoms. The number of nitro groups is 1. The SMILES string of the molecule is C=C(Br)C(=O)Cc1ccc(Cc2nc(Cl)nc(Cc3ccc4ccc(N=Nc5cc([N+](=O)[O-])ccc5O)c(O)c4c3)n2)c(S(=O)(=O)O)c1. The van der Waals surface area contributed by atoms with E-state index in [4.69, 9.17) is 11.6 Å². The first-order chi connectivity index (χ1) is 22.7. The Morgan fingerprint density at radius 1 is 0.917 bits per heavy atom. The maximum atomic E-state index is 12.2. The van der Waals surface area contributed by atoms with Gasteiger partial charge < -0.3 is 10.2 Å². The summed E-state index contributed by atoms with van der Waals surface area (Å²) in [5.41, 5.74) is 0.748. The van der Waals surface area contributed by atoms with E-state index in [1.54, 1.807) is 30.3 Å². The van der Waals surface area contributed by atoms with E-state index in [1.807, 2.05) is 0 Å². The van der Waals surface area contributed by atoms with Gasteiger partial charge in [0.05, 0.1) is 14.3 Å². The Morgan fingerprint density at radius 3 is 2.27 bits per heavy atom. The molecule has 0 spiro atoms. The molecule has 5 rings (SSSR count). The van der Waals surface area contributed by atoms with Crippen LogP contribution in [0.4, 0.5) is 17.1 Å². The van der Waals surface area contributed by atoms with E-state index in [1.165, 1.54) is 18.2 Å². The first-order valence-electron chi connectivity index (χ1n) is 13.7. The van der Waals surface area contributed by atoms with Gasteiger partial charge in [-0.2, -0.15) is 8.42 Å². The molecule has 0 atom stereocenters. The van der Waals surface area contributed by atoms with E-state index in [9.17, 15) is 38.1 Å². The van der Waals surface area contributed by atoms with Gasteiger partial charge in [0.25, 0.3) is 15.8 Å². The van der Waals surface area contributed by atoms with Crippen molar-refractivity contribution in [3.05, 3.63) is 122 Å². The lowest BCUT2D eigenvalue weighted by atomic mass is 10.0. The molecular weight excluding hydrogens is 732 g/mol. The number of Topliss-reactive ketones (excluding diaryl/α,β-unsaturated/α-hetero) is 1. The number of rotatable bonds is 11. The standard InChI is InChI=1S/C31H22BrClN6O8S/c1-16(32)26(41)11-18-3-5-20(27(12-18)48(45,46)47)14-29-34-28(35-31(33)36-29)13-17-2-4-19-6-8-23(30(42)22(19)10-17)37-38-24-15-21(39(43)44)7-9-25(24)40/h2-10,12,15,40,42H,1,11,13-14H2,(H,45,46,47). The Bertz CT molecular complexity index is 2280. The van der Waals surface area contributed by atoms with E-state index in [0.29, 0.717) is 21.9 Å². The van der Waals surface area contributed by atoms with Crippen LogP contribution in [0.15, 0.2) is 92.9 Å². The number of carbonyl (C=O) groups is 1. The highest BCUT2D eigenvalue weighted by Crippen LogP contribution is 2.38. The molecule has 0 bridgehead atoms. The van der Waals surface area contributed by atoms with Crippen molar-refractivity contribution in [2.24, 2.45) is 10.2 Å². The van der Waals surface area contributed by atoms with Gasteiger partial charge >= 0.3 is 0 Å². The maximum absolute atomic E-state index is 12.2. The fraction of sp³-hybridized carbons (Fsp3) is 0.0968. The van der Waals surface area contributed by atoms with Crippen molar-refractivity contribution < 1.29 is 32.9 Å². The molecule has 0 unspecified atom stereocenters. The third-order valence-corrected chi connectivity index (χ3v) is 8.51. The second kappa shape index (κ2) is 13.9. The number of non-ortho nitro benzene ring substituents is 1. The lowest BCUT2D eigenvalue weighted by Crippen LogP contribution is -2.10. The Labute approximate surface area is 285 Å². The molecule has 244 valence electrons. The monoisotopic (exact) mass is 752 g/mol. The molecule has 0 aliphatic carbocycles. The van der Waals surface area contributed by atoms with Crippen molar-refractivity contribution in [2.45, 2.75) is 24.2 Å². The Hall–Kier alpha value is -5.16. The highest BCUT2D eigenvalue weighted by molar-refractivity contribution is 9.12. The van der Waals surface area contributed by atoms with Crippen LogP contribution in [0.3, 0.4) is 0 Å². The van der Waals surface area contributed by atoms with Gasteiger partial charge in [-0.1, -0.05) is 36.9 Å². The Morgan fingerprint density at radius 2 is 1.58 bits per heavy atom. The molecule has 3 N–H and O–H groups in total. The van der Waals surface area contributed by atoms with Gasteiger partial charge in [-0.3, -0.25) is 19.5 Å². The second-order valence-electron chi connectivity index (χ2n) is 10.3. The molecule has 0 aliphatic heterocycles. The van der Waals surface area contributed by atoms with Crippen LogP contribution in [0.5, 0.6) is 11.5 Å². The number of allylic oxidation sites excluding steroid dienone is 1. The van der Waals surface area contributed by atoms with Gasteiger partial charge in [0, 0.05) is 36.8 Å². The summed E-state index contributed by atoms with van der Waals surface area (Å²) in [6.45, 7) is 3.51. The van der Waals surface area contributed by atoms with Crippen molar-refractivity contribution in [2.75, 3.05) is 0 Å². The van der Waals surface area contributed by atoms with Crippen molar-refractivity contribution in [1.82, 2.24) is 15.0 Å². The summed E-state index contributed by atoms with van der Waals surface area (Å²) in [7, 11) is -4.68. The Kier molecular flexibility index (Phi) is 9.90. The topological polar surface area (TPSA) is 218 Å². The van der Waals surface area contributed by atoms with Crippen LogP contribution in [0.25, 0.3) is 10.8 Å². The number of hydrogen-bond acceptors (Lipinski definition) is 12. The molecule has 0 fully saturated rings.